The minimum Gasteiger partial charge on any atom is -0.508 e. The lowest BCUT2D eigenvalue weighted by atomic mass is 9.77. The number of likely N-dealkylation sites (tertiary alicyclic amines) is 4. The van der Waals surface area contributed by atoms with Crippen molar-refractivity contribution in [3.05, 3.63) is 76.9 Å². The van der Waals surface area contributed by atoms with Crippen molar-refractivity contribution < 1.29 is 112 Å². The number of piperidine rings is 1. The molecule has 36 nitrogen and oxygen atoms in total. The molecule has 9 rings (SSSR count). The lowest BCUT2D eigenvalue weighted by molar-refractivity contribution is -0.151. The highest BCUT2D eigenvalue weighted by Gasteiger charge is 2.54. The van der Waals surface area contributed by atoms with E-state index in [-0.39, 0.29) is 104 Å². The Hall–Kier alpha value is -10.8. The summed E-state index contributed by atoms with van der Waals surface area (Å²) in [6, 6.07) is 0.952. The topological polar surface area (TPSA) is 537 Å². The number of fused-ring (bicyclic) bond motifs is 6. The van der Waals surface area contributed by atoms with Crippen molar-refractivity contribution in [2.75, 3.05) is 38.0 Å². The van der Waals surface area contributed by atoms with Gasteiger partial charge in [-0.2, -0.15) is 0 Å². The van der Waals surface area contributed by atoms with E-state index in [1.807, 2.05) is 0 Å². The van der Waals surface area contributed by atoms with Gasteiger partial charge < -0.3 is 103 Å². The van der Waals surface area contributed by atoms with Crippen LogP contribution in [0.25, 0.3) is 0 Å². The third-order valence-electron chi connectivity index (χ3n) is 19.6. The molecule has 6 heterocycles. The number of hydrogen-bond donors (Lipinski definition) is 15. The Morgan fingerprint density at radius 2 is 1.17 bits per heavy atom. The van der Waals surface area contributed by atoms with E-state index in [9.17, 15) is 92.7 Å². The Labute approximate surface area is 611 Å². The summed E-state index contributed by atoms with van der Waals surface area (Å²) in [6.07, 6.45) is -3.30. The van der Waals surface area contributed by atoms with Crippen molar-refractivity contribution in [1.82, 2.24) is 51.5 Å². The molecular weight excluding hydrogens is 1410 g/mol. The SMILES string of the molecule is C[C@H](NC(=O)[C@@H](NC(=O)[C@@H]1CCCN1C(=O)[C@H](CCC(=O)O)NC(=O)[C@@H]1CCCN1C(=O)CCCCNC(=S)Nc1ccc2c(c1)C1(OC2=O)c2ccc(O)cc2Oc2cc(O)ccc21)[C@@H](C)O)C(=O)N1CCCCC1C(=O)N1C[C@H](ON)C[C@H]1C(=O)N[C@@H](CCC(=O)O)C(=O)N[C@@H](CCC(=O)O)C(N)=O. The first-order valence-corrected chi connectivity index (χ1v) is 35.3. The molecule has 3 aromatic carbocycles. The number of amides is 10. The van der Waals surface area contributed by atoms with Crippen LogP contribution in [0.3, 0.4) is 0 Å². The number of phenolic OH excluding ortho intramolecular Hbond substituents is 2. The van der Waals surface area contributed by atoms with Gasteiger partial charge in [-0.05, 0) is 146 Å². The van der Waals surface area contributed by atoms with Gasteiger partial charge in [0, 0.05) is 99.3 Å². The van der Waals surface area contributed by atoms with Gasteiger partial charge in [-0.25, -0.2) is 10.7 Å². The number of aromatic hydroxyl groups is 2. The summed E-state index contributed by atoms with van der Waals surface area (Å²) in [5.74, 6) is -7.39. The summed E-state index contributed by atoms with van der Waals surface area (Å²) < 4.78 is 12.2. The molecule has 4 saturated heterocycles. The number of phenols is 2. The normalized spacial score (nSPS) is 20.6. The van der Waals surface area contributed by atoms with Gasteiger partial charge in [0.1, 0.15) is 77.4 Å². The van der Waals surface area contributed by atoms with E-state index in [2.05, 4.69) is 37.2 Å². The number of ether oxygens (including phenoxy) is 2. The van der Waals surface area contributed by atoms with Crippen LogP contribution >= 0.6 is 12.2 Å². The van der Waals surface area contributed by atoms with Crippen LogP contribution in [-0.4, -0.2) is 238 Å². The number of thiocarbonyl (C=S) groups is 1. The van der Waals surface area contributed by atoms with Gasteiger partial charge in [-0.15, -0.1) is 0 Å². The Kier molecular flexibility index (Phi) is 26.1. The number of carbonyl (C=O) groups excluding carboxylic acids is 11. The Morgan fingerprint density at radius 3 is 1.78 bits per heavy atom. The van der Waals surface area contributed by atoms with Gasteiger partial charge >= 0.3 is 23.9 Å². The molecule has 6 aliphatic rings. The molecule has 0 bridgehead atoms. The van der Waals surface area contributed by atoms with Gasteiger partial charge in [-0.1, -0.05) is 0 Å². The first-order valence-electron chi connectivity index (χ1n) is 34.9. The maximum Gasteiger partial charge on any atom is 0.340 e. The van der Waals surface area contributed by atoms with E-state index >= 15 is 0 Å². The maximum absolute atomic E-state index is 14.6. The summed E-state index contributed by atoms with van der Waals surface area (Å²) in [5.41, 5.74) is 5.95. The number of aliphatic hydroxyl groups excluding tert-OH is 1. The summed E-state index contributed by atoms with van der Waals surface area (Å²) in [6.45, 7) is 2.67. The van der Waals surface area contributed by atoms with E-state index in [4.69, 9.17) is 43.3 Å². The van der Waals surface area contributed by atoms with Crippen LogP contribution in [0, 0.1) is 0 Å². The van der Waals surface area contributed by atoms with Crippen LogP contribution in [0.1, 0.15) is 150 Å². The number of nitrogens with two attached hydrogens (primary N) is 2. The molecule has 17 N–H and O–H groups in total. The standard InChI is InChI=1S/C69H87N13O23S/c1-34(64(99)81-26-6-4-9-49(81)66(101)82-33-39(105-71)32-50(82)62(97)76-45(20-23-55(89)90)59(94)75-44(58(70)93)19-22-54(87)88)73-63(98)57(35(2)83)78-61(96)48-11-8-28-80(48)65(100)46(21-24-56(91)92)77-60(95)47-10-7-27-79(47)53(86)12-3-5-25-72-68(106)74-36-13-16-40-43(29-36)69(104-67(40)102)41-17-14-37(84)30-51(41)103-52-31-38(85)15-18-42(52)69/h13-18,29-31,34-35,39,44-50,57,83-85H,3-12,19-28,32-33,71H2,1-2H3,(H2,70,93)(H,73,98)(H,75,94)(H,76,97)(H,77,95)(H,78,96)(H,87,88)(H,89,90)(H,91,92)(H2,72,74,106)/t34-,35+,39+,44-,45-,46-,47-,48-,49?,50-,57-/m0/s1. The fraction of sp³-hybridized carbons (Fsp3) is 0.522. The van der Waals surface area contributed by atoms with Crippen LogP contribution < -0.4 is 53.6 Å². The van der Waals surface area contributed by atoms with Crippen molar-refractivity contribution in [3.63, 3.8) is 0 Å². The van der Waals surface area contributed by atoms with Crippen LogP contribution in [-0.2, 0) is 77.5 Å². The zero-order valence-electron chi connectivity index (χ0n) is 58.1. The number of anilines is 1. The van der Waals surface area contributed by atoms with E-state index in [1.165, 1.54) is 47.9 Å². The molecule has 572 valence electrons. The average Bonchev–Trinajstić information content (AvgIpc) is 1.49. The molecule has 11 atom stereocenters. The van der Waals surface area contributed by atoms with Crippen LogP contribution in [0.4, 0.5) is 5.69 Å². The summed E-state index contributed by atoms with van der Waals surface area (Å²) in [7, 11) is 0. The third kappa shape index (κ3) is 18.5. The Bertz CT molecular complexity index is 3900. The number of nitrogens with one attached hydrogen (secondary N) is 7. The zero-order chi connectivity index (χ0) is 77.0. The second kappa shape index (κ2) is 34.9. The first kappa shape index (κ1) is 79.3. The molecule has 37 heteroatoms. The van der Waals surface area contributed by atoms with Gasteiger partial charge in [0.2, 0.25) is 59.1 Å². The first-order chi connectivity index (χ1) is 50.4. The summed E-state index contributed by atoms with van der Waals surface area (Å²) in [5, 5.41) is 78.6. The third-order valence-corrected chi connectivity index (χ3v) is 19.8. The minimum absolute atomic E-state index is 0.0133. The fourth-order valence-electron chi connectivity index (χ4n) is 14.3. The molecule has 10 amide bonds. The van der Waals surface area contributed by atoms with Gasteiger partial charge in [0.25, 0.3) is 0 Å². The highest BCUT2D eigenvalue weighted by atomic mass is 32.1. The number of carbonyl (C=O) groups is 14. The van der Waals surface area contributed by atoms with E-state index in [1.54, 1.807) is 30.3 Å². The van der Waals surface area contributed by atoms with E-state index < -0.39 is 188 Å². The van der Waals surface area contributed by atoms with Crippen molar-refractivity contribution in [1.29, 1.82) is 0 Å². The minimum atomic E-state index is -1.75. The molecule has 1 unspecified atom stereocenters. The molecule has 3 aromatic rings. The van der Waals surface area contributed by atoms with Crippen LogP contribution in [0.5, 0.6) is 23.0 Å². The molecule has 0 aliphatic carbocycles. The molecule has 4 fully saturated rings. The molecule has 0 saturated carbocycles. The lowest BCUT2D eigenvalue weighted by Gasteiger charge is -2.39. The number of rotatable bonds is 31. The molecule has 0 radical (unpaired) electrons. The van der Waals surface area contributed by atoms with Crippen molar-refractivity contribution in [2.45, 2.75) is 195 Å². The highest BCUT2D eigenvalue weighted by molar-refractivity contribution is 7.80. The number of aliphatic carboxylic acids is 3. The number of hydrogen-bond acceptors (Lipinski definition) is 22. The second-order valence-corrected chi connectivity index (χ2v) is 27.4. The largest absolute Gasteiger partial charge is 0.508 e. The molecule has 106 heavy (non-hydrogen) atoms. The number of unbranched alkanes of at least 4 members (excludes halogenated alkanes) is 1. The predicted molar refractivity (Wildman–Crippen MR) is 371 cm³/mol. The van der Waals surface area contributed by atoms with Crippen molar-refractivity contribution in [3.8, 4) is 23.0 Å². The molecule has 1 spiro atoms. The second-order valence-electron chi connectivity index (χ2n) is 27.0. The number of benzene rings is 3. The highest BCUT2D eigenvalue weighted by Crippen LogP contribution is 2.57. The smallest absolute Gasteiger partial charge is 0.340 e. The van der Waals surface area contributed by atoms with Crippen molar-refractivity contribution in [2.24, 2.45) is 11.6 Å². The molecular formula is C69H87N13O23S. The van der Waals surface area contributed by atoms with Crippen LogP contribution in [0.2, 0.25) is 0 Å². The maximum atomic E-state index is 14.6. The number of esters is 1. The summed E-state index contributed by atoms with van der Waals surface area (Å²) in [4.78, 5) is 197. The summed E-state index contributed by atoms with van der Waals surface area (Å²) >= 11 is 5.62. The average molecular weight is 1500 g/mol. The fourth-order valence-corrected chi connectivity index (χ4v) is 14.5. The Morgan fingerprint density at radius 1 is 0.613 bits per heavy atom. The predicted octanol–water partition coefficient (Wildman–Crippen LogP) is -0.750. The van der Waals surface area contributed by atoms with Crippen molar-refractivity contribution >= 4 is 106 Å². The number of aliphatic hydroxyl groups is 1. The lowest BCUT2D eigenvalue weighted by Crippen LogP contribution is -2.62. The number of carboxylic acids is 3. The molecule has 0 aromatic heterocycles. The van der Waals surface area contributed by atoms with E-state index in [0.29, 0.717) is 61.0 Å². The monoisotopic (exact) mass is 1500 g/mol. The van der Waals surface area contributed by atoms with Gasteiger partial charge in [0.15, 0.2) is 10.7 Å². The molecule has 6 aliphatic heterocycles. The van der Waals surface area contributed by atoms with E-state index in [0.717, 1.165) is 9.80 Å². The van der Waals surface area contributed by atoms with Gasteiger partial charge in [0.05, 0.1) is 17.8 Å². The van der Waals surface area contributed by atoms with Crippen LogP contribution in [0.15, 0.2) is 54.6 Å². The zero-order valence-corrected chi connectivity index (χ0v) is 58.9. The number of nitrogens with zero attached hydrogens (tertiary/aromatic N) is 4. The quantitative estimate of drug-likeness (QED) is 0.0163. The number of primary amides is 1. The van der Waals surface area contributed by atoms with Gasteiger partial charge in [-0.3, -0.25) is 67.2 Å². The Balaban J connectivity index is 0.767. The number of carboxylic acid groups (broad SMARTS) is 3.